The maximum absolute atomic E-state index is 12.5. The number of aryl methyl sites for hydroxylation is 2. The number of hydrogen-bond acceptors (Lipinski definition) is 3. The van der Waals surface area contributed by atoms with Crippen molar-refractivity contribution >= 4 is 23.2 Å². The average molecular weight is 417 g/mol. The van der Waals surface area contributed by atoms with Gasteiger partial charge in [-0.25, -0.2) is 0 Å². The van der Waals surface area contributed by atoms with E-state index in [9.17, 15) is 4.79 Å². The fourth-order valence-corrected chi connectivity index (χ4v) is 4.43. The number of rotatable bonds is 8. The molecule has 1 amide bonds. The van der Waals surface area contributed by atoms with Gasteiger partial charge in [0.2, 0.25) is 5.91 Å². The van der Waals surface area contributed by atoms with Crippen molar-refractivity contribution in [3.05, 3.63) is 40.4 Å². The third-order valence-corrected chi connectivity index (χ3v) is 6.57. The van der Waals surface area contributed by atoms with Crippen LogP contribution >= 0.6 is 11.6 Å². The van der Waals surface area contributed by atoms with Crippen molar-refractivity contribution in [2.24, 2.45) is 5.92 Å². The van der Waals surface area contributed by atoms with Gasteiger partial charge in [-0.3, -0.25) is 4.79 Å². The third kappa shape index (κ3) is 5.17. The number of hydrogen-bond donors (Lipinski definition) is 2. The summed E-state index contributed by atoms with van der Waals surface area (Å²) in [5.41, 5.74) is 1.67. The summed E-state index contributed by atoms with van der Waals surface area (Å²) in [4.78, 5) is 12.5. The van der Waals surface area contributed by atoms with Crippen LogP contribution in [0.5, 0.6) is 0 Å². The highest BCUT2D eigenvalue weighted by atomic mass is 35.5. The number of nitrogens with two attached hydrogens (primary N) is 1. The molecule has 6 nitrogen and oxygen atoms in total. The van der Waals surface area contributed by atoms with E-state index in [2.05, 4.69) is 25.4 Å². The van der Waals surface area contributed by atoms with Gasteiger partial charge in [0.25, 0.3) is 0 Å². The smallest absolute Gasteiger partial charge is 0.224 e. The van der Waals surface area contributed by atoms with Gasteiger partial charge in [-0.05, 0) is 56.7 Å². The van der Waals surface area contributed by atoms with Crippen molar-refractivity contribution < 1.29 is 10.1 Å². The van der Waals surface area contributed by atoms with Crippen LogP contribution in [0.4, 0.5) is 5.69 Å². The van der Waals surface area contributed by atoms with Crippen LogP contribution in [-0.4, -0.2) is 33.8 Å². The zero-order valence-electron chi connectivity index (χ0n) is 17.2. The zero-order valence-corrected chi connectivity index (χ0v) is 17.9. The van der Waals surface area contributed by atoms with Crippen molar-refractivity contribution in [2.45, 2.75) is 64.3 Å². The minimum atomic E-state index is -0.0139. The summed E-state index contributed by atoms with van der Waals surface area (Å²) >= 11 is 6.15. The predicted molar refractivity (Wildman–Crippen MR) is 114 cm³/mol. The molecule has 1 aromatic carbocycles. The minimum absolute atomic E-state index is 0.0139. The van der Waals surface area contributed by atoms with Gasteiger partial charge in [0, 0.05) is 41.9 Å². The summed E-state index contributed by atoms with van der Waals surface area (Å²) in [5.74, 6) is 2.85. The molecule has 2 aromatic rings. The monoisotopic (exact) mass is 416 g/mol. The van der Waals surface area contributed by atoms with Crippen molar-refractivity contribution in [3.63, 3.8) is 0 Å². The van der Waals surface area contributed by atoms with Gasteiger partial charge >= 0.3 is 0 Å². The Morgan fingerprint density at radius 1 is 1.24 bits per heavy atom. The molecule has 1 aliphatic carbocycles. The summed E-state index contributed by atoms with van der Waals surface area (Å²) in [6, 6.07) is 6.10. The molecule has 1 aliphatic heterocycles. The Bertz CT molecular complexity index is 855. The average Bonchev–Trinajstić information content (AvgIpc) is 3.49. The molecule has 3 N–H and O–H groups in total. The van der Waals surface area contributed by atoms with E-state index in [0.717, 1.165) is 35.2 Å². The minimum Gasteiger partial charge on any atom is -0.346 e. The van der Waals surface area contributed by atoms with Crippen LogP contribution < -0.4 is 10.6 Å². The number of carbonyl (C=O) groups excluding carboxylic acids is 1. The first-order valence-corrected chi connectivity index (χ1v) is 11.3. The molecular formula is C22H31ClN5O+. The highest BCUT2D eigenvalue weighted by Crippen LogP contribution is 2.37. The molecule has 1 aromatic heterocycles. The Labute approximate surface area is 177 Å². The number of amides is 1. The molecule has 2 heterocycles. The molecule has 1 atom stereocenters. The Morgan fingerprint density at radius 2 is 2.03 bits per heavy atom. The third-order valence-electron chi connectivity index (χ3n) is 6.16. The van der Waals surface area contributed by atoms with Crippen LogP contribution in [0.1, 0.15) is 61.8 Å². The lowest BCUT2D eigenvalue weighted by atomic mass is 9.94. The van der Waals surface area contributed by atoms with Gasteiger partial charge in [-0.15, -0.1) is 10.2 Å². The SMILES string of the molecule is Cc1c(Cl)cccc1NC(=O)CCc1nnc(CCC2CCC[NH2+]C2)n1C1CC1. The van der Waals surface area contributed by atoms with E-state index in [1.54, 1.807) is 0 Å². The van der Waals surface area contributed by atoms with E-state index in [4.69, 9.17) is 11.6 Å². The van der Waals surface area contributed by atoms with Crippen LogP contribution in [0.15, 0.2) is 18.2 Å². The van der Waals surface area contributed by atoms with Crippen molar-refractivity contribution in [3.8, 4) is 0 Å². The number of nitrogens with one attached hydrogen (secondary N) is 1. The lowest BCUT2D eigenvalue weighted by molar-refractivity contribution is -0.669. The molecule has 1 unspecified atom stereocenters. The number of nitrogens with zero attached hydrogens (tertiary/aromatic N) is 3. The summed E-state index contributed by atoms with van der Waals surface area (Å²) in [6.45, 7) is 4.43. The highest BCUT2D eigenvalue weighted by molar-refractivity contribution is 6.31. The molecular weight excluding hydrogens is 386 g/mol. The lowest BCUT2D eigenvalue weighted by Gasteiger charge is -2.19. The quantitative estimate of drug-likeness (QED) is 0.694. The number of benzene rings is 1. The molecule has 1 saturated carbocycles. The van der Waals surface area contributed by atoms with E-state index in [-0.39, 0.29) is 5.91 Å². The second kappa shape index (κ2) is 9.26. The summed E-state index contributed by atoms with van der Waals surface area (Å²) in [5, 5.41) is 15.0. The van der Waals surface area contributed by atoms with Gasteiger partial charge in [0.1, 0.15) is 11.6 Å². The molecule has 0 bridgehead atoms. The molecule has 1 saturated heterocycles. The fraction of sp³-hybridized carbons (Fsp3) is 0.591. The van der Waals surface area contributed by atoms with Gasteiger partial charge in [-0.2, -0.15) is 0 Å². The van der Waals surface area contributed by atoms with Gasteiger partial charge in [0.15, 0.2) is 0 Å². The largest absolute Gasteiger partial charge is 0.346 e. The normalized spacial score (nSPS) is 19.3. The number of quaternary nitrogens is 1. The van der Waals surface area contributed by atoms with Crippen LogP contribution in [0, 0.1) is 12.8 Å². The van der Waals surface area contributed by atoms with E-state index in [1.807, 2.05) is 25.1 Å². The van der Waals surface area contributed by atoms with Crippen LogP contribution in [0.25, 0.3) is 0 Å². The molecule has 2 fully saturated rings. The van der Waals surface area contributed by atoms with E-state index in [1.165, 1.54) is 45.2 Å². The Hall–Kier alpha value is -1.92. The lowest BCUT2D eigenvalue weighted by Crippen LogP contribution is -2.87. The van der Waals surface area contributed by atoms with Gasteiger partial charge in [0.05, 0.1) is 13.1 Å². The predicted octanol–water partition coefficient (Wildman–Crippen LogP) is 3.05. The topological polar surface area (TPSA) is 76.4 Å². The summed E-state index contributed by atoms with van der Waals surface area (Å²) < 4.78 is 2.32. The zero-order chi connectivity index (χ0) is 20.2. The van der Waals surface area contributed by atoms with Crippen molar-refractivity contribution in [1.29, 1.82) is 0 Å². The Kier molecular flexibility index (Phi) is 6.50. The first kappa shape index (κ1) is 20.4. The molecule has 29 heavy (non-hydrogen) atoms. The second-order valence-electron chi connectivity index (χ2n) is 8.45. The number of halogens is 1. The Balaban J connectivity index is 1.35. The number of carbonyl (C=O) groups is 1. The van der Waals surface area contributed by atoms with E-state index >= 15 is 0 Å². The molecule has 0 radical (unpaired) electrons. The maximum Gasteiger partial charge on any atom is 0.224 e. The second-order valence-corrected chi connectivity index (χ2v) is 8.86. The summed E-state index contributed by atoms with van der Waals surface area (Å²) in [7, 11) is 0. The van der Waals surface area contributed by atoms with Crippen LogP contribution in [-0.2, 0) is 17.6 Å². The molecule has 7 heteroatoms. The molecule has 2 aliphatic rings. The van der Waals surface area contributed by atoms with Gasteiger partial charge in [-0.1, -0.05) is 17.7 Å². The first-order chi connectivity index (χ1) is 14.1. The molecule has 4 rings (SSSR count). The van der Waals surface area contributed by atoms with Gasteiger partial charge < -0.3 is 15.2 Å². The maximum atomic E-state index is 12.5. The fourth-order valence-electron chi connectivity index (χ4n) is 4.25. The number of piperidine rings is 1. The van der Waals surface area contributed by atoms with Crippen molar-refractivity contribution in [1.82, 2.24) is 14.8 Å². The number of anilines is 1. The highest BCUT2D eigenvalue weighted by Gasteiger charge is 2.29. The first-order valence-electron chi connectivity index (χ1n) is 10.9. The molecule has 156 valence electrons. The van der Waals surface area contributed by atoms with E-state index < -0.39 is 0 Å². The van der Waals surface area contributed by atoms with Crippen LogP contribution in [0.2, 0.25) is 5.02 Å². The Morgan fingerprint density at radius 3 is 2.76 bits per heavy atom. The standard InChI is InChI=1S/C22H30ClN5O/c1-15-18(23)5-2-6-19(15)25-22(29)12-11-21-27-26-20(28(21)17-8-9-17)10-7-16-4-3-13-24-14-16/h2,5-6,16-17,24H,3-4,7-14H2,1H3,(H,25,29)/p+1. The van der Waals surface area contributed by atoms with E-state index in [0.29, 0.717) is 23.9 Å². The number of aromatic nitrogens is 3. The molecule has 0 spiro atoms. The van der Waals surface area contributed by atoms with Crippen molar-refractivity contribution in [2.75, 3.05) is 18.4 Å². The summed E-state index contributed by atoms with van der Waals surface area (Å²) in [6.07, 6.45) is 8.26. The van der Waals surface area contributed by atoms with Crippen LogP contribution in [0.3, 0.4) is 0 Å².